The number of carbonyl (C=O) groups is 2. The lowest BCUT2D eigenvalue weighted by atomic mass is 10.2. The second-order valence-electron chi connectivity index (χ2n) is 4.78. The predicted molar refractivity (Wildman–Crippen MR) is 95.9 cm³/mol. The third-order valence-electron chi connectivity index (χ3n) is 3.02. The van der Waals surface area contributed by atoms with E-state index in [0.29, 0.717) is 0 Å². The predicted octanol–water partition coefficient (Wildman–Crippen LogP) is 3.55. The van der Waals surface area contributed by atoms with Gasteiger partial charge in [0.05, 0.1) is 4.92 Å². The molecule has 0 aromatic heterocycles. The van der Waals surface area contributed by atoms with Crippen molar-refractivity contribution < 1.29 is 19.2 Å². The maximum Gasteiger partial charge on any atom is 0.331 e. The molecule has 0 aliphatic heterocycles. The highest BCUT2D eigenvalue weighted by Crippen LogP contribution is 2.23. The fourth-order valence-electron chi connectivity index (χ4n) is 1.88. The number of rotatable bonds is 6. The number of nitro groups is 1. The molecule has 0 aliphatic carbocycles. The van der Waals surface area contributed by atoms with E-state index in [1.807, 2.05) is 18.2 Å². The number of nitrogens with one attached hydrogen (secondary N) is 1. The maximum atomic E-state index is 11.8. The van der Waals surface area contributed by atoms with Gasteiger partial charge in [-0.2, -0.15) is 0 Å². The van der Waals surface area contributed by atoms with Crippen molar-refractivity contribution in [3.8, 4) is 0 Å². The van der Waals surface area contributed by atoms with Crippen molar-refractivity contribution >= 4 is 45.3 Å². The second-order valence-corrected chi connectivity index (χ2v) is 5.64. The number of hydrogen-bond acceptors (Lipinski definition) is 5. The first kappa shape index (κ1) is 18.3. The van der Waals surface area contributed by atoms with E-state index in [-0.39, 0.29) is 11.4 Å². The first-order valence-electron chi connectivity index (χ1n) is 7.10. The Kier molecular flexibility index (Phi) is 6.41. The van der Waals surface area contributed by atoms with E-state index in [1.54, 1.807) is 18.2 Å². The summed E-state index contributed by atoms with van der Waals surface area (Å²) in [6.45, 7) is -0.550. The van der Waals surface area contributed by atoms with E-state index in [0.717, 1.165) is 10.0 Å². The van der Waals surface area contributed by atoms with Gasteiger partial charge >= 0.3 is 5.97 Å². The zero-order valence-corrected chi connectivity index (χ0v) is 14.4. The fraction of sp³-hybridized carbons (Fsp3) is 0.0588. The van der Waals surface area contributed by atoms with Crippen molar-refractivity contribution in [1.29, 1.82) is 0 Å². The zero-order chi connectivity index (χ0) is 18.2. The van der Waals surface area contributed by atoms with Crippen molar-refractivity contribution in [3.05, 3.63) is 74.8 Å². The number of carbonyl (C=O) groups excluding carboxylic acids is 2. The Morgan fingerprint density at radius 1 is 1.16 bits per heavy atom. The summed E-state index contributed by atoms with van der Waals surface area (Å²) in [5.41, 5.74) is 0.581. The summed E-state index contributed by atoms with van der Waals surface area (Å²) in [5.74, 6) is -1.37. The van der Waals surface area contributed by atoms with Crippen LogP contribution < -0.4 is 5.32 Å². The average Bonchev–Trinajstić information content (AvgIpc) is 2.59. The molecule has 25 heavy (non-hydrogen) atoms. The summed E-state index contributed by atoms with van der Waals surface area (Å²) in [5, 5.41) is 13.2. The molecular formula is C17H13BrN2O5. The van der Waals surface area contributed by atoms with E-state index < -0.39 is 23.4 Å². The Balaban J connectivity index is 1.89. The number of nitro benzene ring substituents is 1. The highest BCUT2D eigenvalue weighted by molar-refractivity contribution is 9.10. The second kappa shape index (κ2) is 8.74. The van der Waals surface area contributed by atoms with Crippen LogP contribution >= 0.6 is 15.9 Å². The minimum atomic E-state index is -0.700. The molecule has 0 saturated heterocycles. The number of halogens is 1. The zero-order valence-electron chi connectivity index (χ0n) is 12.8. The lowest BCUT2D eigenvalue weighted by molar-refractivity contribution is -0.383. The minimum Gasteiger partial charge on any atom is -0.452 e. The number of benzene rings is 2. The third-order valence-corrected chi connectivity index (χ3v) is 3.75. The Bertz CT molecular complexity index is 835. The molecular weight excluding hydrogens is 392 g/mol. The van der Waals surface area contributed by atoms with E-state index >= 15 is 0 Å². The average molecular weight is 405 g/mol. The van der Waals surface area contributed by atoms with Gasteiger partial charge in [-0.1, -0.05) is 46.3 Å². The van der Waals surface area contributed by atoms with Crippen molar-refractivity contribution in [3.63, 3.8) is 0 Å². The van der Waals surface area contributed by atoms with Crippen molar-refractivity contribution in [2.75, 3.05) is 11.9 Å². The van der Waals surface area contributed by atoms with Gasteiger partial charge in [-0.15, -0.1) is 0 Å². The molecule has 0 heterocycles. The molecule has 1 amide bonds. The number of hydrogen-bond donors (Lipinski definition) is 1. The molecule has 7 nitrogen and oxygen atoms in total. The van der Waals surface area contributed by atoms with Crippen LogP contribution in [0, 0.1) is 10.1 Å². The molecule has 8 heteroatoms. The SMILES string of the molecule is O=C(COC(=O)/C=C/c1ccccc1Br)Nc1ccccc1[N+](=O)[O-]. The van der Waals surface area contributed by atoms with Crippen LogP contribution in [0.15, 0.2) is 59.1 Å². The topological polar surface area (TPSA) is 98.5 Å². The van der Waals surface area contributed by atoms with Crippen LogP contribution in [0.3, 0.4) is 0 Å². The van der Waals surface area contributed by atoms with E-state index in [2.05, 4.69) is 21.2 Å². The van der Waals surface area contributed by atoms with Crippen LogP contribution in [-0.4, -0.2) is 23.4 Å². The summed E-state index contributed by atoms with van der Waals surface area (Å²) in [6, 6.07) is 13.0. The van der Waals surface area contributed by atoms with Gasteiger partial charge in [-0.05, 0) is 23.8 Å². The highest BCUT2D eigenvalue weighted by Gasteiger charge is 2.15. The van der Waals surface area contributed by atoms with Crippen LogP contribution in [-0.2, 0) is 14.3 Å². The largest absolute Gasteiger partial charge is 0.452 e. The first-order valence-corrected chi connectivity index (χ1v) is 7.89. The Hall–Kier alpha value is -3.00. The molecule has 0 radical (unpaired) electrons. The molecule has 128 valence electrons. The van der Waals surface area contributed by atoms with Crippen LogP contribution in [0.2, 0.25) is 0 Å². The first-order chi connectivity index (χ1) is 12.0. The summed E-state index contributed by atoms with van der Waals surface area (Å²) in [6.07, 6.45) is 2.74. The standard InChI is InChI=1S/C17H13BrN2O5/c18-13-6-2-1-5-12(13)9-10-17(22)25-11-16(21)19-14-7-3-4-8-15(14)20(23)24/h1-10H,11H2,(H,19,21)/b10-9+. The van der Waals surface area contributed by atoms with Gasteiger partial charge in [0, 0.05) is 16.6 Å². The lowest BCUT2D eigenvalue weighted by Crippen LogP contribution is -2.20. The normalized spacial score (nSPS) is 10.4. The molecule has 2 rings (SSSR count). The van der Waals surface area contributed by atoms with Crippen LogP contribution in [0.4, 0.5) is 11.4 Å². The number of para-hydroxylation sites is 2. The molecule has 0 saturated carbocycles. The number of ether oxygens (including phenoxy) is 1. The van der Waals surface area contributed by atoms with Gasteiger partial charge in [0.15, 0.2) is 6.61 Å². The third kappa shape index (κ3) is 5.54. The number of nitrogens with zero attached hydrogens (tertiary/aromatic N) is 1. The van der Waals surface area contributed by atoms with Crippen LogP contribution in [0.5, 0.6) is 0 Å². The summed E-state index contributed by atoms with van der Waals surface area (Å²) in [4.78, 5) is 33.7. The number of amides is 1. The molecule has 2 aromatic carbocycles. The van der Waals surface area contributed by atoms with E-state index in [9.17, 15) is 19.7 Å². The summed E-state index contributed by atoms with van der Waals surface area (Å²) >= 11 is 3.34. The van der Waals surface area contributed by atoms with Crippen molar-refractivity contribution in [2.24, 2.45) is 0 Å². The quantitative estimate of drug-likeness (QED) is 0.343. The smallest absolute Gasteiger partial charge is 0.331 e. The molecule has 0 spiro atoms. The Labute approximate surface area is 151 Å². The molecule has 1 N–H and O–H groups in total. The molecule has 0 fully saturated rings. The van der Waals surface area contributed by atoms with Gasteiger partial charge in [0.25, 0.3) is 11.6 Å². The van der Waals surface area contributed by atoms with Gasteiger partial charge in [-0.3, -0.25) is 14.9 Å². The molecule has 0 unspecified atom stereocenters. The number of esters is 1. The van der Waals surface area contributed by atoms with E-state index in [1.165, 1.54) is 24.3 Å². The van der Waals surface area contributed by atoms with E-state index in [4.69, 9.17) is 4.74 Å². The van der Waals surface area contributed by atoms with Gasteiger partial charge in [0.1, 0.15) is 5.69 Å². The Morgan fingerprint density at radius 2 is 1.84 bits per heavy atom. The maximum absolute atomic E-state index is 11.8. The monoisotopic (exact) mass is 404 g/mol. The summed E-state index contributed by atoms with van der Waals surface area (Å²) in [7, 11) is 0. The fourth-order valence-corrected chi connectivity index (χ4v) is 2.29. The molecule has 0 bridgehead atoms. The van der Waals surface area contributed by atoms with Gasteiger partial charge in [0.2, 0.25) is 0 Å². The molecule has 0 aliphatic rings. The number of anilines is 1. The summed E-state index contributed by atoms with van der Waals surface area (Å²) < 4.78 is 5.63. The molecule has 0 atom stereocenters. The van der Waals surface area contributed by atoms with Crippen LogP contribution in [0.25, 0.3) is 6.08 Å². The van der Waals surface area contributed by atoms with Gasteiger partial charge < -0.3 is 10.1 Å². The Morgan fingerprint density at radius 3 is 2.56 bits per heavy atom. The minimum absolute atomic E-state index is 0.0392. The van der Waals surface area contributed by atoms with Crippen LogP contribution in [0.1, 0.15) is 5.56 Å². The van der Waals surface area contributed by atoms with Gasteiger partial charge in [-0.25, -0.2) is 4.79 Å². The van der Waals surface area contributed by atoms with Crippen molar-refractivity contribution in [2.45, 2.75) is 0 Å². The van der Waals surface area contributed by atoms with Crippen molar-refractivity contribution in [1.82, 2.24) is 0 Å². The molecule has 2 aromatic rings. The lowest BCUT2D eigenvalue weighted by Gasteiger charge is -2.06. The highest BCUT2D eigenvalue weighted by atomic mass is 79.9.